The molecule has 0 atom stereocenters. The van der Waals surface area contributed by atoms with Crippen LogP contribution in [0.1, 0.15) is 24.8 Å². The SMILES string of the molecule is Cc1ccc(N(CC(=O)O)CC(=O)N2CCCCC2)cc1. The van der Waals surface area contributed by atoms with Gasteiger partial charge in [0.05, 0.1) is 6.54 Å². The summed E-state index contributed by atoms with van der Waals surface area (Å²) in [6.45, 7) is 3.50. The van der Waals surface area contributed by atoms with Crippen molar-refractivity contribution in [2.24, 2.45) is 0 Å². The van der Waals surface area contributed by atoms with Gasteiger partial charge >= 0.3 is 5.97 Å². The van der Waals surface area contributed by atoms with Gasteiger partial charge in [-0.2, -0.15) is 0 Å². The zero-order valence-electron chi connectivity index (χ0n) is 12.4. The second-order valence-electron chi connectivity index (χ2n) is 5.53. The lowest BCUT2D eigenvalue weighted by Crippen LogP contribution is -2.44. The average molecular weight is 290 g/mol. The van der Waals surface area contributed by atoms with Gasteiger partial charge in [0, 0.05) is 18.8 Å². The third-order valence-electron chi connectivity index (χ3n) is 3.76. The van der Waals surface area contributed by atoms with Crippen molar-refractivity contribution in [3.63, 3.8) is 0 Å². The molecule has 114 valence electrons. The molecule has 1 aliphatic heterocycles. The van der Waals surface area contributed by atoms with Gasteiger partial charge in [0.2, 0.25) is 5.91 Å². The highest BCUT2D eigenvalue weighted by molar-refractivity contribution is 5.84. The van der Waals surface area contributed by atoms with Crippen molar-refractivity contribution in [2.45, 2.75) is 26.2 Å². The van der Waals surface area contributed by atoms with Crippen LogP contribution in [-0.2, 0) is 9.59 Å². The molecule has 1 saturated heterocycles. The summed E-state index contributed by atoms with van der Waals surface area (Å²) in [6, 6.07) is 7.58. The molecule has 0 spiro atoms. The number of benzene rings is 1. The van der Waals surface area contributed by atoms with Gasteiger partial charge in [0.15, 0.2) is 0 Å². The Labute approximate surface area is 125 Å². The fourth-order valence-electron chi connectivity index (χ4n) is 2.56. The predicted octanol–water partition coefficient (Wildman–Crippen LogP) is 1.90. The number of aliphatic carboxylic acids is 1. The summed E-state index contributed by atoms with van der Waals surface area (Å²) in [5.41, 5.74) is 1.88. The molecule has 0 unspecified atom stereocenters. The van der Waals surface area contributed by atoms with Gasteiger partial charge in [-0.1, -0.05) is 17.7 Å². The van der Waals surface area contributed by atoms with Crippen molar-refractivity contribution in [3.8, 4) is 0 Å². The number of hydrogen-bond donors (Lipinski definition) is 1. The van der Waals surface area contributed by atoms with Crippen molar-refractivity contribution in [3.05, 3.63) is 29.8 Å². The highest BCUT2D eigenvalue weighted by Crippen LogP contribution is 2.16. The Hall–Kier alpha value is -2.04. The number of carboxylic acids is 1. The van der Waals surface area contributed by atoms with Gasteiger partial charge < -0.3 is 14.9 Å². The van der Waals surface area contributed by atoms with Crippen molar-refractivity contribution in [2.75, 3.05) is 31.1 Å². The molecule has 1 heterocycles. The predicted molar refractivity (Wildman–Crippen MR) is 81.5 cm³/mol. The van der Waals surface area contributed by atoms with E-state index in [0.29, 0.717) is 0 Å². The molecule has 1 amide bonds. The second-order valence-corrected chi connectivity index (χ2v) is 5.53. The minimum absolute atomic E-state index is 0.0107. The maximum absolute atomic E-state index is 12.3. The molecule has 1 fully saturated rings. The summed E-state index contributed by atoms with van der Waals surface area (Å²) in [5, 5.41) is 9.06. The summed E-state index contributed by atoms with van der Waals surface area (Å²) in [6.07, 6.45) is 3.24. The first-order chi connectivity index (χ1) is 10.1. The van der Waals surface area contributed by atoms with Gasteiger partial charge in [0.25, 0.3) is 0 Å². The van der Waals surface area contributed by atoms with Crippen LogP contribution in [0.4, 0.5) is 5.69 Å². The Morgan fingerprint density at radius 2 is 1.71 bits per heavy atom. The van der Waals surface area contributed by atoms with Crippen molar-refractivity contribution in [1.82, 2.24) is 4.90 Å². The van der Waals surface area contributed by atoms with Crippen LogP contribution in [0.15, 0.2) is 24.3 Å². The van der Waals surface area contributed by atoms with Crippen molar-refractivity contribution in [1.29, 1.82) is 0 Å². The van der Waals surface area contributed by atoms with Crippen LogP contribution in [0.25, 0.3) is 0 Å². The first kappa shape index (κ1) is 15.4. The number of carboxylic acid groups (broad SMARTS) is 1. The van der Waals surface area contributed by atoms with E-state index in [1.54, 1.807) is 4.90 Å². The molecule has 1 N–H and O–H groups in total. The van der Waals surface area contributed by atoms with E-state index < -0.39 is 5.97 Å². The van der Waals surface area contributed by atoms with Gasteiger partial charge in [-0.25, -0.2) is 0 Å². The molecule has 0 bridgehead atoms. The van der Waals surface area contributed by atoms with Crippen LogP contribution in [0, 0.1) is 6.92 Å². The summed E-state index contributed by atoms with van der Waals surface area (Å²) < 4.78 is 0. The number of piperidine rings is 1. The lowest BCUT2D eigenvalue weighted by atomic mass is 10.1. The van der Waals surface area contributed by atoms with E-state index in [2.05, 4.69) is 0 Å². The lowest BCUT2D eigenvalue weighted by molar-refractivity contribution is -0.135. The Morgan fingerprint density at radius 3 is 2.29 bits per heavy atom. The van der Waals surface area contributed by atoms with Crippen LogP contribution in [0.3, 0.4) is 0 Å². The number of anilines is 1. The quantitative estimate of drug-likeness (QED) is 0.899. The molecule has 1 aliphatic rings. The van der Waals surface area contributed by atoms with E-state index in [1.807, 2.05) is 36.1 Å². The largest absolute Gasteiger partial charge is 0.480 e. The van der Waals surface area contributed by atoms with Crippen LogP contribution in [0.2, 0.25) is 0 Å². The van der Waals surface area contributed by atoms with Gasteiger partial charge in [0.1, 0.15) is 6.54 Å². The van der Waals surface area contributed by atoms with E-state index in [1.165, 1.54) is 6.42 Å². The number of aryl methyl sites for hydroxylation is 1. The molecule has 5 heteroatoms. The Bertz CT molecular complexity index is 493. The Kier molecular flexibility index (Phi) is 5.20. The summed E-state index contributed by atoms with van der Waals surface area (Å²) in [4.78, 5) is 26.8. The molecule has 0 radical (unpaired) electrons. The maximum Gasteiger partial charge on any atom is 0.323 e. The van der Waals surface area contributed by atoms with Gasteiger partial charge in [-0.05, 0) is 38.3 Å². The van der Waals surface area contributed by atoms with E-state index >= 15 is 0 Å². The molecule has 0 aliphatic carbocycles. The zero-order chi connectivity index (χ0) is 15.2. The highest BCUT2D eigenvalue weighted by atomic mass is 16.4. The molecular weight excluding hydrogens is 268 g/mol. The van der Waals surface area contributed by atoms with Crippen molar-refractivity contribution >= 4 is 17.6 Å². The van der Waals surface area contributed by atoms with E-state index in [4.69, 9.17) is 5.11 Å². The number of carbonyl (C=O) groups excluding carboxylic acids is 1. The Morgan fingerprint density at radius 1 is 1.10 bits per heavy atom. The summed E-state index contributed by atoms with van der Waals surface area (Å²) in [7, 11) is 0. The molecule has 0 saturated carbocycles. The molecule has 1 aromatic carbocycles. The first-order valence-corrected chi connectivity index (χ1v) is 7.37. The normalized spacial score (nSPS) is 14.8. The smallest absolute Gasteiger partial charge is 0.323 e. The van der Waals surface area contributed by atoms with Crippen LogP contribution >= 0.6 is 0 Å². The van der Waals surface area contributed by atoms with E-state index in [9.17, 15) is 9.59 Å². The van der Waals surface area contributed by atoms with E-state index in [-0.39, 0.29) is 19.0 Å². The zero-order valence-corrected chi connectivity index (χ0v) is 12.4. The Balaban J connectivity index is 2.06. The van der Waals surface area contributed by atoms with Gasteiger partial charge in [-0.3, -0.25) is 9.59 Å². The molecule has 5 nitrogen and oxygen atoms in total. The minimum atomic E-state index is -0.929. The summed E-state index contributed by atoms with van der Waals surface area (Å²) >= 11 is 0. The third-order valence-corrected chi connectivity index (χ3v) is 3.76. The lowest BCUT2D eigenvalue weighted by Gasteiger charge is -2.30. The van der Waals surface area contributed by atoms with Crippen LogP contribution in [-0.4, -0.2) is 48.1 Å². The fourth-order valence-corrected chi connectivity index (χ4v) is 2.56. The van der Waals surface area contributed by atoms with Crippen LogP contribution in [0.5, 0.6) is 0 Å². The maximum atomic E-state index is 12.3. The molecule has 1 aromatic rings. The number of hydrogen-bond acceptors (Lipinski definition) is 3. The van der Waals surface area contributed by atoms with Crippen LogP contribution < -0.4 is 4.90 Å². The monoisotopic (exact) mass is 290 g/mol. The summed E-state index contributed by atoms with van der Waals surface area (Å²) in [5.74, 6) is -0.918. The highest BCUT2D eigenvalue weighted by Gasteiger charge is 2.20. The molecule has 21 heavy (non-hydrogen) atoms. The number of amides is 1. The standard InChI is InChI=1S/C16H22N2O3/c1-13-5-7-14(8-6-13)18(12-16(20)21)11-15(19)17-9-3-2-4-10-17/h5-8H,2-4,9-12H2,1H3,(H,20,21). The van der Waals surface area contributed by atoms with Gasteiger partial charge in [-0.15, -0.1) is 0 Å². The number of rotatable bonds is 5. The number of carbonyl (C=O) groups is 2. The minimum Gasteiger partial charge on any atom is -0.480 e. The number of likely N-dealkylation sites (tertiary alicyclic amines) is 1. The topological polar surface area (TPSA) is 60.9 Å². The molecular formula is C16H22N2O3. The third kappa shape index (κ3) is 4.48. The average Bonchev–Trinajstić information content (AvgIpc) is 2.48. The number of nitrogens with zero attached hydrogens (tertiary/aromatic N) is 2. The first-order valence-electron chi connectivity index (χ1n) is 7.37. The molecule has 2 rings (SSSR count). The van der Waals surface area contributed by atoms with Crippen molar-refractivity contribution < 1.29 is 14.7 Å². The fraction of sp³-hybridized carbons (Fsp3) is 0.500. The second kappa shape index (κ2) is 7.11. The molecule has 0 aromatic heterocycles. The van der Waals surface area contributed by atoms with E-state index in [0.717, 1.165) is 37.2 Å².